The number of nitrogens with one attached hydrogen (secondary N) is 1. The van der Waals surface area contributed by atoms with E-state index >= 15 is 0 Å². The lowest BCUT2D eigenvalue weighted by Gasteiger charge is -2.39. The maximum atomic E-state index is 13.0. The van der Waals surface area contributed by atoms with E-state index in [1.54, 1.807) is 36.7 Å². The number of piperidine rings is 1. The third kappa shape index (κ3) is 3.79. The van der Waals surface area contributed by atoms with E-state index in [-0.39, 0.29) is 30.0 Å². The van der Waals surface area contributed by atoms with Crippen molar-refractivity contribution >= 4 is 17.5 Å². The van der Waals surface area contributed by atoms with Gasteiger partial charge in [0.25, 0.3) is 5.91 Å². The van der Waals surface area contributed by atoms with Crippen LogP contribution in [-0.2, 0) is 4.79 Å². The molecule has 2 fully saturated rings. The first kappa shape index (κ1) is 17.5. The van der Waals surface area contributed by atoms with Gasteiger partial charge < -0.3 is 15.0 Å². The molecule has 2 atom stereocenters. The number of amides is 2. The van der Waals surface area contributed by atoms with Crippen molar-refractivity contribution in [1.29, 1.82) is 0 Å². The minimum Gasteiger partial charge on any atom is -0.490 e. The van der Waals surface area contributed by atoms with E-state index in [1.807, 2.05) is 17.0 Å². The van der Waals surface area contributed by atoms with Gasteiger partial charge in [-0.3, -0.25) is 14.6 Å². The fourth-order valence-electron chi connectivity index (χ4n) is 4.21. The van der Waals surface area contributed by atoms with Crippen LogP contribution in [0.4, 0.5) is 5.69 Å². The Kier molecular flexibility index (Phi) is 4.79. The molecule has 2 aliphatic rings. The Bertz CT molecular complexity index is 808. The Labute approximate surface area is 158 Å². The molecule has 2 saturated heterocycles. The summed E-state index contributed by atoms with van der Waals surface area (Å²) in [6.07, 6.45) is 7.35. The maximum Gasteiger partial charge on any atom is 0.254 e. The lowest BCUT2D eigenvalue weighted by Crippen LogP contribution is -2.49. The number of benzene rings is 1. The first-order valence-electron chi connectivity index (χ1n) is 9.37. The van der Waals surface area contributed by atoms with Crippen LogP contribution in [0, 0.1) is 0 Å². The topological polar surface area (TPSA) is 71.5 Å². The van der Waals surface area contributed by atoms with Gasteiger partial charge in [-0.05, 0) is 49.2 Å². The van der Waals surface area contributed by atoms with E-state index in [0.29, 0.717) is 11.3 Å². The second-order valence-electron chi connectivity index (χ2n) is 7.25. The van der Waals surface area contributed by atoms with Crippen molar-refractivity contribution in [2.75, 3.05) is 5.32 Å². The van der Waals surface area contributed by atoms with E-state index in [0.717, 1.165) is 31.4 Å². The molecule has 6 heteroatoms. The third-order valence-electron chi connectivity index (χ3n) is 5.33. The normalized spacial score (nSPS) is 23.7. The lowest BCUT2D eigenvalue weighted by molar-refractivity contribution is -0.114. The van der Waals surface area contributed by atoms with Crippen molar-refractivity contribution in [3.63, 3.8) is 0 Å². The van der Waals surface area contributed by atoms with Crippen LogP contribution in [0.1, 0.15) is 43.0 Å². The second kappa shape index (κ2) is 7.39. The predicted octanol–water partition coefficient (Wildman–Crippen LogP) is 3.25. The number of pyridine rings is 1. The number of hydrogen-bond acceptors (Lipinski definition) is 4. The summed E-state index contributed by atoms with van der Waals surface area (Å²) in [5.41, 5.74) is 1.36. The van der Waals surface area contributed by atoms with Gasteiger partial charge in [-0.25, -0.2) is 0 Å². The molecule has 1 aromatic heterocycles. The van der Waals surface area contributed by atoms with Gasteiger partial charge >= 0.3 is 0 Å². The molecule has 0 aliphatic carbocycles. The first-order chi connectivity index (χ1) is 13.1. The molecule has 140 valence electrons. The summed E-state index contributed by atoms with van der Waals surface area (Å²) in [4.78, 5) is 30.2. The first-order valence-corrected chi connectivity index (χ1v) is 9.37. The molecule has 1 aromatic carbocycles. The Morgan fingerprint density at radius 2 is 1.67 bits per heavy atom. The molecular formula is C21H23N3O3. The largest absolute Gasteiger partial charge is 0.490 e. The minimum absolute atomic E-state index is 0.0687. The number of nitrogens with zero attached hydrogens (tertiary/aromatic N) is 2. The summed E-state index contributed by atoms with van der Waals surface area (Å²) in [5, 5.41) is 2.72. The molecule has 6 nitrogen and oxygen atoms in total. The van der Waals surface area contributed by atoms with E-state index in [9.17, 15) is 9.59 Å². The quantitative estimate of drug-likeness (QED) is 0.903. The predicted molar refractivity (Wildman–Crippen MR) is 102 cm³/mol. The fourth-order valence-corrected chi connectivity index (χ4v) is 4.21. The van der Waals surface area contributed by atoms with Crippen LogP contribution in [0.5, 0.6) is 5.75 Å². The number of fused-ring (bicyclic) bond motifs is 2. The van der Waals surface area contributed by atoms with Gasteiger partial charge in [-0.15, -0.1) is 0 Å². The van der Waals surface area contributed by atoms with Gasteiger partial charge in [0.1, 0.15) is 11.9 Å². The van der Waals surface area contributed by atoms with Gasteiger partial charge in [0.15, 0.2) is 0 Å². The Hall–Kier alpha value is -2.89. The molecule has 4 rings (SSSR count). The van der Waals surface area contributed by atoms with Crippen molar-refractivity contribution in [2.24, 2.45) is 0 Å². The summed E-state index contributed by atoms with van der Waals surface area (Å²) in [5.74, 6) is 0.783. The molecule has 2 aromatic rings. The number of rotatable bonds is 4. The van der Waals surface area contributed by atoms with Crippen molar-refractivity contribution < 1.29 is 14.3 Å². The van der Waals surface area contributed by atoms with Gasteiger partial charge in [-0.2, -0.15) is 0 Å². The highest BCUT2D eigenvalue weighted by molar-refractivity contribution is 5.96. The molecule has 0 saturated carbocycles. The van der Waals surface area contributed by atoms with Crippen LogP contribution in [-0.4, -0.2) is 39.9 Å². The highest BCUT2D eigenvalue weighted by Gasteiger charge is 2.44. The molecule has 1 N–H and O–H groups in total. The molecule has 0 radical (unpaired) electrons. The maximum absolute atomic E-state index is 13.0. The van der Waals surface area contributed by atoms with Crippen LogP contribution in [0.15, 0.2) is 48.8 Å². The zero-order chi connectivity index (χ0) is 18.8. The summed E-state index contributed by atoms with van der Waals surface area (Å²) in [7, 11) is 0. The van der Waals surface area contributed by atoms with Gasteiger partial charge in [-0.1, -0.05) is 0 Å². The molecule has 2 unspecified atom stereocenters. The summed E-state index contributed by atoms with van der Waals surface area (Å²) in [6.45, 7) is 1.47. The van der Waals surface area contributed by atoms with Crippen molar-refractivity contribution in [2.45, 2.75) is 50.8 Å². The smallest absolute Gasteiger partial charge is 0.254 e. The monoisotopic (exact) mass is 365 g/mol. The Balaban J connectivity index is 1.43. The van der Waals surface area contributed by atoms with Gasteiger partial charge in [0.2, 0.25) is 5.91 Å². The number of ether oxygens (including phenoxy) is 1. The van der Waals surface area contributed by atoms with Gasteiger partial charge in [0.05, 0.1) is 0 Å². The molecule has 27 heavy (non-hydrogen) atoms. The molecule has 3 heterocycles. The average molecular weight is 365 g/mol. The number of hydrogen-bond donors (Lipinski definition) is 1. The van der Waals surface area contributed by atoms with Crippen molar-refractivity contribution in [3.8, 4) is 5.75 Å². The number of carbonyl (C=O) groups is 2. The number of carbonyl (C=O) groups excluding carboxylic acids is 2. The van der Waals surface area contributed by atoms with E-state index in [1.165, 1.54) is 6.92 Å². The Morgan fingerprint density at radius 3 is 2.26 bits per heavy atom. The number of anilines is 1. The average Bonchev–Trinajstić information content (AvgIpc) is 2.93. The molecule has 2 aliphatic heterocycles. The van der Waals surface area contributed by atoms with E-state index in [4.69, 9.17) is 4.74 Å². The SMILES string of the molecule is CC(=O)Nc1ccc(C(=O)N2C3CCC2CC(Oc2ccncc2)C3)cc1. The summed E-state index contributed by atoms with van der Waals surface area (Å²) < 4.78 is 6.10. The zero-order valence-corrected chi connectivity index (χ0v) is 15.3. The van der Waals surface area contributed by atoms with Crippen molar-refractivity contribution in [3.05, 3.63) is 54.4 Å². The Morgan fingerprint density at radius 1 is 1.04 bits per heavy atom. The number of aromatic nitrogens is 1. The molecule has 2 amide bonds. The van der Waals surface area contributed by atoms with Crippen LogP contribution in [0.25, 0.3) is 0 Å². The highest BCUT2D eigenvalue weighted by atomic mass is 16.5. The van der Waals surface area contributed by atoms with Gasteiger partial charge in [0, 0.05) is 55.5 Å². The second-order valence-corrected chi connectivity index (χ2v) is 7.25. The van der Waals surface area contributed by atoms with Crippen molar-refractivity contribution in [1.82, 2.24) is 9.88 Å². The fraction of sp³-hybridized carbons (Fsp3) is 0.381. The third-order valence-corrected chi connectivity index (χ3v) is 5.33. The summed E-state index contributed by atoms with van der Waals surface area (Å²) >= 11 is 0. The summed E-state index contributed by atoms with van der Waals surface area (Å²) in [6, 6.07) is 11.3. The molecule has 2 bridgehead atoms. The lowest BCUT2D eigenvalue weighted by atomic mass is 9.98. The van der Waals surface area contributed by atoms with Crippen LogP contribution in [0.2, 0.25) is 0 Å². The van der Waals surface area contributed by atoms with Crippen LogP contribution < -0.4 is 10.1 Å². The molecule has 0 spiro atoms. The highest BCUT2D eigenvalue weighted by Crippen LogP contribution is 2.38. The standard InChI is InChI=1S/C21H23N3O3/c1-14(25)23-16-4-2-15(3-5-16)21(26)24-17-6-7-18(24)13-20(12-17)27-19-8-10-22-11-9-19/h2-5,8-11,17-18,20H,6-7,12-13H2,1H3,(H,23,25). The van der Waals surface area contributed by atoms with Crippen LogP contribution >= 0.6 is 0 Å². The van der Waals surface area contributed by atoms with E-state index < -0.39 is 0 Å². The molecular weight excluding hydrogens is 342 g/mol. The zero-order valence-electron chi connectivity index (χ0n) is 15.3. The van der Waals surface area contributed by atoms with E-state index in [2.05, 4.69) is 10.3 Å². The van der Waals surface area contributed by atoms with Crippen LogP contribution in [0.3, 0.4) is 0 Å². The minimum atomic E-state index is -0.122.